The molecule has 4 aromatic rings. The van der Waals surface area contributed by atoms with Gasteiger partial charge in [0.2, 0.25) is 10.0 Å². The maximum absolute atomic E-state index is 13.4. The summed E-state index contributed by atoms with van der Waals surface area (Å²) in [6.45, 7) is 1.91. The van der Waals surface area contributed by atoms with Gasteiger partial charge in [-0.1, -0.05) is 60.2 Å². The van der Waals surface area contributed by atoms with Crippen LogP contribution in [0.25, 0.3) is 17.0 Å². The van der Waals surface area contributed by atoms with Crippen molar-refractivity contribution < 1.29 is 17.9 Å². The fourth-order valence-corrected chi connectivity index (χ4v) is 4.91. The number of fused-ring (bicyclic) bond motifs is 1. The Morgan fingerprint density at radius 2 is 1.67 bits per heavy atom. The Labute approximate surface area is 193 Å². The maximum atomic E-state index is 13.4. The third-order valence-corrected chi connectivity index (χ3v) is 6.88. The van der Waals surface area contributed by atoms with Crippen LogP contribution in [0.3, 0.4) is 0 Å². The molecule has 4 rings (SSSR count). The lowest BCUT2D eigenvalue weighted by Crippen LogP contribution is -2.30. The van der Waals surface area contributed by atoms with Crippen molar-refractivity contribution in [2.24, 2.45) is 0 Å². The molecule has 1 heterocycles. The Balaban J connectivity index is 1.86. The molecule has 0 fully saturated rings. The number of aromatic amines is 1. The second kappa shape index (κ2) is 9.44. The van der Waals surface area contributed by atoms with E-state index in [4.69, 9.17) is 4.74 Å². The van der Waals surface area contributed by atoms with Gasteiger partial charge in [-0.3, -0.25) is 0 Å². The number of sulfonamides is 1. The van der Waals surface area contributed by atoms with Gasteiger partial charge in [-0.05, 0) is 47.9 Å². The number of aryl methyl sites for hydroxylation is 1. The van der Waals surface area contributed by atoms with Crippen molar-refractivity contribution in [3.63, 3.8) is 0 Å². The zero-order valence-corrected chi connectivity index (χ0v) is 19.1. The number of hydrogen-bond acceptors (Lipinski definition) is 4. The molecule has 0 aliphatic carbocycles. The second-order valence-corrected chi connectivity index (χ2v) is 9.36. The molecule has 3 aromatic carbocycles. The molecule has 0 aliphatic heterocycles. The molecule has 1 aromatic heterocycles. The van der Waals surface area contributed by atoms with Gasteiger partial charge in [0.15, 0.2) is 0 Å². The summed E-state index contributed by atoms with van der Waals surface area (Å²) in [7, 11) is -2.54. The minimum Gasteiger partial charge on any atom is -0.466 e. The molecule has 7 heteroatoms. The number of methoxy groups -OCH3 is 1. The van der Waals surface area contributed by atoms with Crippen LogP contribution in [0.1, 0.15) is 28.3 Å². The first-order valence-electron chi connectivity index (χ1n) is 10.4. The third kappa shape index (κ3) is 4.89. The molecule has 6 nitrogen and oxygen atoms in total. The number of esters is 1. The van der Waals surface area contributed by atoms with Gasteiger partial charge in [0, 0.05) is 23.2 Å². The standard InChI is InChI=1S/C26H24N2O4S/c1-18-11-14-20(15-12-18)33(30,31)28-26(23-17-27-24-10-6-5-9-22(23)24)21-8-4-3-7-19(21)13-16-25(29)32-2/h3-17,26-28H,1-2H3/b16-13+/t26-/m1/s1. The predicted octanol–water partition coefficient (Wildman–Crippen LogP) is 4.73. The van der Waals surface area contributed by atoms with Gasteiger partial charge >= 0.3 is 5.97 Å². The average Bonchev–Trinajstić information content (AvgIpc) is 3.25. The minimum atomic E-state index is -3.85. The fraction of sp³-hybridized carbons (Fsp3) is 0.115. The van der Waals surface area contributed by atoms with E-state index in [1.165, 1.54) is 13.2 Å². The van der Waals surface area contributed by atoms with Gasteiger partial charge < -0.3 is 9.72 Å². The highest BCUT2D eigenvalue weighted by Gasteiger charge is 2.26. The van der Waals surface area contributed by atoms with Crippen LogP contribution in [-0.4, -0.2) is 26.5 Å². The van der Waals surface area contributed by atoms with Gasteiger partial charge in [0.25, 0.3) is 0 Å². The normalized spacial score (nSPS) is 12.8. The summed E-state index contributed by atoms with van der Waals surface area (Å²) in [4.78, 5) is 15.1. The highest BCUT2D eigenvalue weighted by molar-refractivity contribution is 7.89. The lowest BCUT2D eigenvalue weighted by molar-refractivity contribution is -0.134. The Bertz CT molecular complexity index is 1420. The summed E-state index contributed by atoms with van der Waals surface area (Å²) in [6, 6.07) is 21.1. The van der Waals surface area contributed by atoms with Gasteiger partial charge in [0.1, 0.15) is 0 Å². The smallest absolute Gasteiger partial charge is 0.330 e. The summed E-state index contributed by atoms with van der Waals surface area (Å²) in [5, 5.41) is 0.904. The highest BCUT2D eigenvalue weighted by Crippen LogP contribution is 2.32. The van der Waals surface area contributed by atoms with Crippen LogP contribution >= 0.6 is 0 Å². The van der Waals surface area contributed by atoms with E-state index in [0.29, 0.717) is 11.1 Å². The summed E-state index contributed by atoms with van der Waals surface area (Å²) in [5.74, 6) is -0.492. The lowest BCUT2D eigenvalue weighted by Gasteiger charge is -2.21. The molecule has 0 aliphatic rings. The van der Waals surface area contributed by atoms with Crippen LogP contribution in [0.15, 0.2) is 90.0 Å². The molecule has 0 amide bonds. The van der Waals surface area contributed by atoms with Crippen molar-refractivity contribution in [1.82, 2.24) is 9.71 Å². The monoisotopic (exact) mass is 460 g/mol. The number of H-pyrrole nitrogens is 1. The van der Waals surface area contributed by atoms with E-state index < -0.39 is 22.0 Å². The van der Waals surface area contributed by atoms with Crippen molar-refractivity contribution in [2.75, 3.05) is 7.11 Å². The number of carbonyl (C=O) groups excluding carboxylic acids is 1. The van der Waals surface area contributed by atoms with E-state index in [1.54, 1.807) is 30.3 Å². The molecule has 33 heavy (non-hydrogen) atoms. The molecule has 0 bridgehead atoms. The second-order valence-electron chi connectivity index (χ2n) is 7.64. The Hall–Kier alpha value is -3.68. The summed E-state index contributed by atoms with van der Waals surface area (Å²) >= 11 is 0. The SMILES string of the molecule is COC(=O)/C=C/c1ccccc1[C@@H](NS(=O)(=O)c1ccc(C)cc1)c1c[nH]c2ccccc12. The maximum Gasteiger partial charge on any atom is 0.330 e. The molecule has 0 spiro atoms. The van der Waals surface area contributed by atoms with Crippen molar-refractivity contribution in [3.8, 4) is 0 Å². The third-order valence-electron chi connectivity index (χ3n) is 5.44. The summed E-state index contributed by atoms with van der Waals surface area (Å²) in [6.07, 6.45) is 4.76. The van der Waals surface area contributed by atoms with Crippen LogP contribution in [0.4, 0.5) is 0 Å². The fourth-order valence-electron chi connectivity index (χ4n) is 3.72. The van der Waals surface area contributed by atoms with Crippen LogP contribution in [0.5, 0.6) is 0 Å². The molecule has 0 saturated heterocycles. The van der Waals surface area contributed by atoms with Crippen molar-refractivity contribution >= 4 is 33.0 Å². The summed E-state index contributed by atoms with van der Waals surface area (Å²) < 4.78 is 34.3. The zero-order valence-electron chi connectivity index (χ0n) is 18.3. The number of carbonyl (C=O) groups is 1. The number of ether oxygens (including phenoxy) is 1. The Kier molecular flexibility index (Phi) is 6.44. The first-order valence-corrected chi connectivity index (χ1v) is 11.9. The topological polar surface area (TPSA) is 88.3 Å². The minimum absolute atomic E-state index is 0.181. The largest absolute Gasteiger partial charge is 0.466 e. The number of rotatable bonds is 7. The van der Waals surface area contributed by atoms with Crippen LogP contribution < -0.4 is 4.72 Å². The molecule has 0 radical (unpaired) electrons. The molecular weight excluding hydrogens is 436 g/mol. The molecule has 0 saturated carbocycles. The number of para-hydroxylation sites is 1. The summed E-state index contributed by atoms with van der Waals surface area (Å²) in [5.41, 5.74) is 4.05. The van der Waals surface area contributed by atoms with E-state index in [-0.39, 0.29) is 4.90 Å². The van der Waals surface area contributed by atoms with Crippen molar-refractivity contribution in [3.05, 3.63) is 107 Å². The molecule has 1 atom stereocenters. The number of nitrogens with one attached hydrogen (secondary N) is 2. The molecule has 0 unspecified atom stereocenters. The number of benzene rings is 3. The Morgan fingerprint density at radius 1 is 0.970 bits per heavy atom. The van der Waals surface area contributed by atoms with Crippen LogP contribution in [-0.2, 0) is 19.6 Å². The van der Waals surface area contributed by atoms with Gasteiger partial charge in [-0.25, -0.2) is 13.2 Å². The Morgan fingerprint density at radius 3 is 2.42 bits per heavy atom. The zero-order chi connectivity index (χ0) is 23.4. The van der Waals surface area contributed by atoms with E-state index >= 15 is 0 Å². The molecular formula is C26H24N2O4S. The van der Waals surface area contributed by atoms with Crippen molar-refractivity contribution in [2.45, 2.75) is 17.9 Å². The van der Waals surface area contributed by atoms with Gasteiger partial charge in [-0.2, -0.15) is 4.72 Å². The van der Waals surface area contributed by atoms with E-state index in [0.717, 1.165) is 22.0 Å². The predicted molar refractivity (Wildman–Crippen MR) is 129 cm³/mol. The van der Waals surface area contributed by atoms with Gasteiger partial charge in [0.05, 0.1) is 18.0 Å². The quantitative estimate of drug-likeness (QED) is 0.308. The highest BCUT2D eigenvalue weighted by atomic mass is 32.2. The van der Waals surface area contributed by atoms with E-state index in [2.05, 4.69) is 9.71 Å². The van der Waals surface area contributed by atoms with E-state index in [1.807, 2.05) is 61.7 Å². The van der Waals surface area contributed by atoms with Gasteiger partial charge in [-0.15, -0.1) is 0 Å². The van der Waals surface area contributed by atoms with Crippen LogP contribution in [0, 0.1) is 6.92 Å². The number of aromatic nitrogens is 1. The first kappa shape index (κ1) is 22.5. The molecule has 2 N–H and O–H groups in total. The first-order chi connectivity index (χ1) is 15.9. The van der Waals surface area contributed by atoms with E-state index in [9.17, 15) is 13.2 Å². The lowest BCUT2D eigenvalue weighted by atomic mass is 9.94. The van der Waals surface area contributed by atoms with Crippen LogP contribution in [0.2, 0.25) is 0 Å². The molecule has 168 valence electrons. The average molecular weight is 461 g/mol. The number of hydrogen-bond donors (Lipinski definition) is 2. The van der Waals surface area contributed by atoms with Crippen molar-refractivity contribution in [1.29, 1.82) is 0 Å².